The number of phenolic OH excluding ortho intramolecular Hbond substituents is 1. The third kappa shape index (κ3) is 3.00. The molecule has 5 heteroatoms. The van der Waals surface area contributed by atoms with E-state index in [4.69, 9.17) is 0 Å². The van der Waals surface area contributed by atoms with Crippen molar-refractivity contribution in [3.8, 4) is 5.75 Å². The Balaban J connectivity index is 1.82. The number of nitrogens with one attached hydrogen (secondary N) is 1. The Hall–Kier alpha value is -2.04. The van der Waals surface area contributed by atoms with Gasteiger partial charge in [-0.1, -0.05) is 18.2 Å². The zero-order chi connectivity index (χ0) is 13.0. The molecule has 1 heterocycles. The molecule has 2 amide bonds. The number of rotatable bonds is 4. The minimum Gasteiger partial charge on any atom is -0.508 e. The first-order chi connectivity index (χ1) is 8.66. The molecule has 1 aliphatic rings. The van der Waals surface area contributed by atoms with Crippen LogP contribution >= 0.6 is 0 Å². The molecule has 2 N–H and O–H groups in total. The number of phenols is 1. The topological polar surface area (TPSA) is 69.6 Å². The van der Waals surface area contributed by atoms with E-state index in [0.717, 1.165) is 6.42 Å². The van der Waals surface area contributed by atoms with Crippen LogP contribution in [0.4, 0.5) is 0 Å². The molecule has 0 unspecified atom stereocenters. The van der Waals surface area contributed by atoms with E-state index >= 15 is 0 Å². The van der Waals surface area contributed by atoms with Gasteiger partial charge in [0.2, 0.25) is 11.8 Å². The first kappa shape index (κ1) is 12.4. The van der Waals surface area contributed by atoms with Gasteiger partial charge in [-0.2, -0.15) is 0 Å². The number of amides is 2. The molecule has 1 aromatic carbocycles. The van der Waals surface area contributed by atoms with E-state index in [2.05, 4.69) is 5.32 Å². The molecule has 18 heavy (non-hydrogen) atoms. The summed E-state index contributed by atoms with van der Waals surface area (Å²) in [5, 5.41) is 12.2. The van der Waals surface area contributed by atoms with Gasteiger partial charge in [0, 0.05) is 25.1 Å². The largest absolute Gasteiger partial charge is 0.508 e. The molecule has 0 bridgehead atoms. The summed E-state index contributed by atoms with van der Waals surface area (Å²) in [6.07, 6.45) is 1.36. The van der Waals surface area contributed by atoms with Crippen LogP contribution in [0.1, 0.15) is 18.4 Å². The van der Waals surface area contributed by atoms with Crippen LogP contribution in [0.2, 0.25) is 0 Å². The maximum Gasteiger partial charge on any atom is 0.239 e. The maximum atomic E-state index is 11.6. The number of aromatic hydroxyl groups is 1. The van der Waals surface area contributed by atoms with E-state index in [1.165, 1.54) is 0 Å². The number of carbonyl (C=O) groups excluding carboxylic acids is 2. The fraction of sp³-hybridized carbons (Fsp3) is 0.385. The molecule has 1 aromatic rings. The summed E-state index contributed by atoms with van der Waals surface area (Å²) in [6, 6.07) is 6.84. The Morgan fingerprint density at radius 1 is 1.39 bits per heavy atom. The Morgan fingerprint density at radius 3 is 2.83 bits per heavy atom. The summed E-state index contributed by atoms with van der Waals surface area (Å²) < 4.78 is 0. The highest BCUT2D eigenvalue weighted by Crippen LogP contribution is 2.15. The van der Waals surface area contributed by atoms with Crippen molar-refractivity contribution in [2.75, 3.05) is 13.1 Å². The second-order valence-electron chi connectivity index (χ2n) is 4.32. The smallest absolute Gasteiger partial charge is 0.239 e. The normalized spacial score (nSPS) is 14.9. The minimum atomic E-state index is -0.200. The molecule has 0 saturated carbocycles. The lowest BCUT2D eigenvalue weighted by Crippen LogP contribution is -2.37. The average molecular weight is 248 g/mol. The van der Waals surface area contributed by atoms with Crippen molar-refractivity contribution in [2.24, 2.45) is 0 Å². The number of nitrogens with zero attached hydrogens (tertiary/aromatic N) is 1. The van der Waals surface area contributed by atoms with E-state index in [-0.39, 0.29) is 30.7 Å². The monoisotopic (exact) mass is 248 g/mol. The predicted octanol–water partition coefficient (Wildman–Crippen LogP) is 0.631. The number of carbonyl (C=O) groups is 2. The molecule has 1 aliphatic heterocycles. The lowest BCUT2D eigenvalue weighted by Gasteiger charge is -2.15. The van der Waals surface area contributed by atoms with Crippen LogP contribution in [0.15, 0.2) is 24.3 Å². The summed E-state index contributed by atoms with van der Waals surface area (Å²) in [7, 11) is 0. The quantitative estimate of drug-likeness (QED) is 0.821. The summed E-state index contributed by atoms with van der Waals surface area (Å²) in [4.78, 5) is 24.5. The molecule has 0 spiro atoms. The highest BCUT2D eigenvalue weighted by molar-refractivity contribution is 5.85. The van der Waals surface area contributed by atoms with Gasteiger partial charge in [0.15, 0.2) is 0 Å². The second-order valence-corrected chi connectivity index (χ2v) is 4.32. The van der Waals surface area contributed by atoms with Crippen molar-refractivity contribution in [2.45, 2.75) is 19.4 Å². The molecule has 96 valence electrons. The molecule has 0 atom stereocenters. The fourth-order valence-corrected chi connectivity index (χ4v) is 1.95. The van der Waals surface area contributed by atoms with Crippen molar-refractivity contribution < 1.29 is 14.7 Å². The van der Waals surface area contributed by atoms with Crippen molar-refractivity contribution in [1.29, 1.82) is 0 Å². The highest BCUT2D eigenvalue weighted by Gasteiger charge is 2.22. The maximum absolute atomic E-state index is 11.6. The van der Waals surface area contributed by atoms with Gasteiger partial charge in [0.1, 0.15) is 5.75 Å². The summed E-state index contributed by atoms with van der Waals surface area (Å²) in [6.45, 7) is 1.03. The van der Waals surface area contributed by atoms with Crippen molar-refractivity contribution in [3.63, 3.8) is 0 Å². The van der Waals surface area contributed by atoms with Gasteiger partial charge >= 0.3 is 0 Å². The van der Waals surface area contributed by atoms with Crippen molar-refractivity contribution >= 4 is 11.8 Å². The number of para-hydroxylation sites is 1. The molecule has 0 aromatic heterocycles. The summed E-state index contributed by atoms with van der Waals surface area (Å²) >= 11 is 0. The highest BCUT2D eigenvalue weighted by atomic mass is 16.3. The number of hydrogen-bond acceptors (Lipinski definition) is 3. The van der Waals surface area contributed by atoms with Crippen molar-refractivity contribution in [1.82, 2.24) is 10.2 Å². The van der Waals surface area contributed by atoms with Gasteiger partial charge in [0.25, 0.3) is 0 Å². The Kier molecular flexibility index (Phi) is 3.82. The molecule has 0 aliphatic carbocycles. The molecule has 5 nitrogen and oxygen atoms in total. The van der Waals surface area contributed by atoms with Crippen LogP contribution < -0.4 is 5.32 Å². The van der Waals surface area contributed by atoms with Gasteiger partial charge in [-0.15, -0.1) is 0 Å². The molecular weight excluding hydrogens is 232 g/mol. The number of likely N-dealkylation sites (tertiary alicyclic amines) is 1. The van der Waals surface area contributed by atoms with Crippen LogP contribution in [0.5, 0.6) is 5.75 Å². The molecule has 0 radical (unpaired) electrons. The zero-order valence-electron chi connectivity index (χ0n) is 10.1. The molecular formula is C13H16N2O3. The third-order valence-electron chi connectivity index (χ3n) is 2.97. The predicted molar refractivity (Wildman–Crippen MR) is 65.8 cm³/mol. The van der Waals surface area contributed by atoms with E-state index in [0.29, 0.717) is 18.5 Å². The molecule has 1 fully saturated rings. The second kappa shape index (κ2) is 5.53. The van der Waals surface area contributed by atoms with Gasteiger partial charge < -0.3 is 15.3 Å². The standard InChI is InChI=1S/C13H16N2O3/c16-11-5-2-1-4-10(11)8-14-12(17)9-15-7-3-6-13(15)18/h1-2,4-5,16H,3,6-9H2,(H,14,17). The van der Waals surface area contributed by atoms with Crippen molar-refractivity contribution in [3.05, 3.63) is 29.8 Å². The summed E-state index contributed by atoms with van der Waals surface area (Å²) in [5.74, 6) is -0.00346. The van der Waals surface area contributed by atoms with Gasteiger partial charge in [-0.25, -0.2) is 0 Å². The van der Waals surface area contributed by atoms with Crippen LogP contribution in [-0.4, -0.2) is 34.9 Å². The van der Waals surface area contributed by atoms with Crippen LogP contribution in [0.3, 0.4) is 0 Å². The Labute approximate surface area is 105 Å². The van der Waals surface area contributed by atoms with E-state index in [1.807, 2.05) is 0 Å². The van der Waals surface area contributed by atoms with Crippen LogP contribution in [0.25, 0.3) is 0 Å². The fourth-order valence-electron chi connectivity index (χ4n) is 1.95. The molecule has 2 rings (SSSR count). The zero-order valence-corrected chi connectivity index (χ0v) is 10.1. The lowest BCUT2D eigenvalue weighted by atomic mass is 10.2. The SMILES string of the molecule is O=C(CN1CCCC1=O)NCc1ccccc1O. The Bertz CT molecular complexity index is 459. The molecule has 1 saturated heterocycles. The van der Waals surface area contributed by atoms with Gasteiger partial charge in [-0.3, -0.25) is 9.59 Å². The Morgan fingerprint density at radius 2 is 2.17 bits per heavy atom. The summed E-state index contributed by atoms with van der Waals surface area (Å²) in [5.41, 5.74) is 0.665. The van der Waals surface area contributed by atoms with Crippen LogP contribution in [0, 0.1) is 0 Å². The van der Waals surface area contributed by atoms with E-state index < -0.39 is 0 Å². The lowest BCUT2D eigenvalue weighted by molar-refractivity contribution is -0.133. The van der Waals surface area contributed by atoms with E-state index in [1.54, 1.807) is 29.2 Å². The van der Waals surface area contributed by atoms with Gasteiger partial charge in [-0.05, 0) is 12.5 Å². The number of benzene rings is 1. The van der Waals surface area contributed by atoms with Crippen LogP contribution in [-0.2, 0) is 16.1 Å². The average Bonchev–Trinajstić information content (AvgIpc) is 2.74. The minimum absolute atomic E-state index is 0.0349. The third-order valence-corrected chi connectivity index (χ3v) is 2.97. The van der Waals surface area contributed by atoms with Gasteiger partial charge in [0.05, 0.1) is 6.54 Å². The number of hydrogen-bond donors (Lipinski definition) is 2. The first-order valence-corrected chi connectivity index (χ1v) is 5.98. The first-order valence-electron chi connectivity index (χ1n) is 5.98. The van der Waals surface area contributed by atoms with E-state index in [9.17, 15) is 14.7 Å².